The third-order valence-corrected chi connectivity index (χ3v) is 2.85. The summed E-state index contributed by atoms with van der Waals surface area (Å²) >= 11 is 0. The highest BCUT2D eigenvalue weighted by Gasteiger charge is 2.15. The van der Waals surface area contributed by atoms with E-state index in [1.807, 2.05) is 0 Å². The van der Waals surface area contributed by atoms with Crippen LogP contribution in [0.4, 0.5) is 0 Å². The highest BCUT2D eigenvalue weighted by molar-refractivity contribution is 5.86. The molecule has 5 heteroatoms. The average molecular weight is 213 g/mol. The monoisotopic (exact) mass is 213 g/mol. The SMILES string of the molecule is N/C(CNC(=O)CCC1CCCC1)=N/O. The number of nitrogens with zero attached hydrogens (tertiary/aromatic N) is 1. The maximum absolute atomic E-state index is 11.3. The molecule has 0 aromatic rings. The highest BCUT2D eigenvalue weighted by atomic mass is 16.4. The summed E-state index contributed by atoms with van der Waals surface area (Å²) in [7, 11) is 0. The number of amidine groups is 1. The Kier molecular flexibility index (Phi) is 4.93. The van der Waals surface area contributed by atoms with Crippen molar-refractivity contribution >= 4 is 11.7 Å². The van der Waals surface area contributed by atoms with Gasteiger partial charge in [-0.1, -0.05) is 30.8 Å². The molecule has 15 heavy (non-hydrogen) atoms. The molecule has 0 aliphatic heterocycles. The van der Waals surface area contributed by atoms with Crippen LogP contribution in [0.1, 0.15) is 38.5 Å². The molecule has 5 nitrogen and oxygen atoms in total. The van der Waals surface area contributed by atoms with Gasteiger partial charge in [0.05, 0.1) is 6.54 Å². The molecule has 0 aromatic heterocycles. The second-order valence-electron chi connectivity index (χ2n) is 4.06. The molecule has 0 aromatic carbocycles. The number of oxime groups is 1. The van der Waals surface area contributed by atoms with Crippen LogP contribution >= 0.6 is 0 Å². The average Bonchev–Trinajstić information content (AvgIpc) is 2.75. The fourth-order valence-electron chi connectivity index (χ4n) is 1.95. The van der Waals surface area contributed by atoms with Gasteiger partial charge in [-0.25, -0.2) is 0 Å². The molecule has 0 unspecified atom stereocenters. The lowest BCUT2D eigenvalue weighted by molar-refractivity contribution is -0.121. The van der Waals surface area contributed by atoms with E-state index in [4.69, 9.17) is 10.9 Å². The predicted molar refractivity (Wildman–Crippen MR) is 57.6 cm³/mol. The summed E-state index contributed by atoms with van der Waals surface area (Å²) in [6.07, 6.45) is 6.62. The first-order valence-corrected chi connectivity index (χ1v) is 5.45. The zero-order chi connectivity index (χ0) is 11.1. The number of carbonyl (C=O) groups is 1. The van der Waals surface area contributed by atoms with Crippen molar-refractivity contribution in [2.75, 3.05) is 6.54 Å². The van der Waals surface area contributed by atoms with Gasteiger partial charge in [0.1, 0.15) is 0 Å². The highest BCUT2D eigenvalue weighted by Crippen LogP contribution is 2.28. The van der Waals surface area contributed by atoms with Crippen LogP contribution in [0.3, 0.4) is 0 Å². The van der Waals surface area contributed by atoms with Crippen molar-refractivity contribution in [3.8, 4) is 0 Å². The molecule has 86 valence electrons. The second kappa shape index (κ2) is 6.27. The molecule has 0 bridgehead atoms. The van der Waals surface area contributed by atoms with Crippen LogP contribution in [0, 0.1) is 5.92 Å². The van der Waals surface area contributed by atoms with Gasteiger partial charge in [0.25, 0.3) is 0 Å². The summed E-state index contributed by atoms with van der Waals surface area (Å²) in [6, 6.07) is 0. The first-order valence-electron chi connectivity index (χ1n) is 5.45. The molecule has 1 amide bonds. The summed E-state index contributed by atoms with van der Waals surface area (Å²) in [5.74, 6) is 0.734. The predicted octanol–water partition coefficient (Wildman–Crippen LogP) is 0.819. The number of nitrogens with one attached hydrogen (secondary N) is 1. The molecule has 1 rings (SSSR count). The molecule has 0 atom stereocenters. The van der Waals surface area contributed by atoms with Gasteiger partial charge in [-0.15, -0.1) is 0 Å². The van der Waals surface area contributed by atoms with Crippen LogP contribution in [-0.4, -0.2) is 23.5 Å². The number of hydrogen-bond donors (Lipinski definition) is 3. The van der Waals surface area contributed by atoms with E-state index in [0.717, 1.165) is 12.3 Å². The van der Waals surface area contributed by atoms with Crippen molar-refractivity contribution < 1.29 is 10.0 Å². The zero-order valence-electron chi connectivity index (χ0n) is 8.91. The van der Waals surface area contributed by atoms with Gasteiger partial charge >= 0.3 is 0 Å². The van der Waals surface area contributed by atoms with Crippen molar-refractivity contribution in [2.45, 2.75) is 38.5 Å². The topological polar surface area (TPSA) is 87.7 Å². The molecular formula is C10H19N3O2. The zero-order valence-corrected chi connectivity index (χ0v) is 8.91. The van der Waals surface area contributed by atoms with E-state index in [-0.39, 0.29) is 18.3 Å². The van der Waals surface area contributed by atoms with Crippen LogP contribution in [0.5, 0.6) is 0 Å². The molecule has 1 fully saturated rings. The van der Waals surface area contributed by atoms with E-state index in [2.05, 4.69) is 10.5 Å². The Morgan fingerprint density at radius 1 is 1.47 bits per heavy atom. The number of carbonyl (C=O) groups excluding carboxylic acids is 1. The molecule has 0 radical (unpaired) electrons. The lowest BCUT2D eigenvalue weighted by Crippen LogP contribution is -2.33. The number of hydrogen-bond acceptors (Lipinski definition) is 3. The first-order chi connectivity index (χ1) is 7.22. The van der Waals surface area contributed by atoms with E-state index < -0.39 is 0 Å². The standard InChI is InChI=1S/C10H19N3O2/c11-9(13-15)7-12-10(14)6-5-8-3-1-2-4-8/h8,15H,1-7H2,(H2,11,13)(H,12,14). The van der Waals surface area contributed by atoms with Gasteiger partial charge in [-0.05, 0) is 12.3 Å². The minimum atomic E-state index is -0.0199. The molecular weight excluding hydrogens is 194 g/mol. The van der Waals surface area contributed by atoms with Gasteiger partial charge in [0, 0.05) is 6.42 Å². The van der Waals surface area contributed by atoms with E-state index in [1.165, 1.54) is 25.7 Å². The third-order valence-electron chi connectivity index (χ3n) is 2.85. The Morgan fingerprint density at radius 2 is 2.13 bits per heavy atom. The van der Waals surface area contributed by atoms with Gasteiger partial charge in [0.2, 0.25) is 5.91 Å². The summed E-state index contributed by atoms with van der Waals surface area (Å²) in [5, 5.41) is 13.6. The summed E-state index contributed by atoms with van der Waals surface area (Å²) in [6.45, 7) is 0.125. The molecule has 0 spiro atoms. The quantitative estimate of drug-likeness (QED) is 0.273. The maximum Gasteiger partial charge on any atom is 0.220 e. The number of rotatable bonds is 5. The van der Waals surface area contributed by atoms with Crippen LogP contribution in [0.15, 0.2) is 5.16 Å². The van der Waals surface area contributed by atoms with E-state index >= 15 is 0 Å². The van der Waals surface area contributed by atoms with Crippen molar-refractivity contribution in [2.24, 2.45) is 16.8 Å². The van der Waals surface area contributed by atoms with Crippen LogP contribution < -0.4 is 11.1 Å². The summed E-state index contributed by atoms with van der Waals surface area (Å²) < 4.78 is 0. The molecule has 0 heterocycles. The maximum atomic E-state index is 11.3. The molecule has 1 aliphatic rings. The Labute approximate surface area is 89.7 Å². The summed E-state index contributed by atoms with van der Waals surface area (Å²) in [5.41, 5.74) is 5.22. The number of nitrogens with two attached hydrogens (primary N) is 1. The Hall–Kier alpha value is -1.26. The minimum absolute atomic E-state index is 0.0199. The van der Waals surface area contributed by atoms with E-state index in [0.29, 0.717) is 6.42 Å². The lowest BCUT2D eigenvalue weighted by atomic mass is 10.0. The van der Waals surface area contributed by atoms with Crippen molar-refractivity contribution in [1.29, 1.82) is 0 Å². The first kappa shape index (κ1) is 11.8. The Balaban J connectivity index is 2.07. The minimum Gasteiger partial charge on any atom is -0.409 e. The Bertz CT molecular complexity index is 235. The van der Waals surface area contributed by atoms with Gasteiger partial charge in [-0.2, -0.15) is 0 Å². The van der Waals surface area contributed by atoms with Crippen molar-refractivity contribution in [3.05, 3.63) is 0 Å². The lowest BCUT2D eigenvalue weighted by Gasteiger charge is -2.08. The van der Waals surface area contributed by atoms with Crippen LogP contribution in [-0.2, 0) is 4.79 Å². The Morgan fingerprint density at radius 3 is 2.73 bits per heavy atom. The molecule has 0 saturated heterocycles. The smallest absolute Gasteiger partial charge is 0.220 e. The van der Waals surface area contributed by atoms with Crippen LogP contribution in [0.2, 0.25) is 0 Å². The van der Waals surface area contributed by atoms with Crippen molar-refractivity contribution in [1.82, 2.24) is 5.32 Å². The van der Waals surface area contributed by atoms with E-state index in [1.54, 1.807) is 0 Å². The molecule has 4 N–H and O–H groups in total. The third kappa shape index (κ3) is 4.67. The van der Waals surface area contributed by atoms with Gasteiger partial charge in [0.15, 0.2) is 5.84 Å². The fourth-order valence-corrected chi connectivity index (χ4v) is 1.95. The fraction of sp³-hybridized carbons (Fsp3) is 0.800. The second-order valence-corrected chi connectivity index (χ2v) is 4.06. The van der Waals surface area contributed by atoms with Gasteiger partial charge < -0.3 is 16.3 Å². The van der Waals surface area contributed by atoms with Crippen molar-refractivity contribution in [3.63, 3.8) is 0 Å². The largest absolute Gasteiger partial charge is 0.409 e. The number of amides is 1. The summed E-state index contributed by atoms with van der Waals surface area (Å²) in [4.78, 5) is 11.3. The van der Waals surface area contributed by atoms with Gasteiger partial charge in [-0.3, -0.25) is 4.79 Å². The van der Waals surface area contributed by atoms with E-state index in [9.17, 15) is 4.79 Å². The normalized spacial score (nSPS) is 18.0. The van der Waals surface area contributed by atoms with Crippen LogP contribution in [0.25, 0.3) is 0 Å². The molecule has 1 aliphatic carbocycles. The molecule has 1 saturated carbocycles.